The van der Waals surface area contributed by atoms with Gasteiger partial charge in [0.05, 0.1) is 12.2 Å². The van der Waals surface area contributed by atoms with Crippen molar-refractivity contribution in [1.29, 1.82) is 0 Å². The van der Waals surface area contributed by atoms with Gasteiger partial charge in [-0.15, -0.1) is 0 Å². The van der Waals surface area contributed by atoms with Gasteiger partial charge in [-0.3, -0.25) is 9.78 Å². The first-order valence-corrected chi connectivity index (χ1v) is 5.59. The van der Waals surface area contributed by atoms with Crippen LogP contribution in [-0.4, -0.2) is 16.2 Å². The number of aromatic nitrogens is 1. The maximum Gasteiger partial charge on any atom is 0.221 e. The van der Waals surface area contributed by atoms with Crippen LogP contribution in [0.2, 0.25) is 0 Å². The van der Waals surface area contributed by atoms with Crippen molar-refractivity contribution in [3.05, 3.63) is 29.6 Å². The van der Waals surface area contributed by atoms with Gasteiger partial charge in [0.2, 0.25) is 5.91 Å². The molecule has 0 radical (unpaired) electrons. The van der Waals surface area contributed by atoms with Crippen LogP contribution in [0.4, 0.5) is 0 Å². The van der Waals surface area contributed by atoms with Crippen molar-refractivity contribution in [3.63, 3.8) is 0 Å². The number of aryl methyl sites for hydroxylation is 1. The number of nitrogens with one attached hydrogen (secondary N) is 1. The quantitative estimate of drug-likeness (QED) is 0.835. The van der Waals surface area contributed by atoms with Crippen molar-refractivity contribution in [3.8, 4) is 0 Å². The fourth-order valence-electron chi connectivity index (χ4n) is 1.06. The standard InChI is InChI=1S/C10H13BrN2O/c1-8-3-2-4-9(13-8)7-12-10(14)5-6-11/h2-4H,5-7H2,1H3,(H,12,14). The SMILES string of the molecule is Cc1cccc(CNC(=O)CCBr)n1. The van der Waals surface area contributed by atoms with Crippen LogP contribution in [0.3, 0.4) is 0 Å². The van der Waals surface area contributed by atoms with Crippen LogP contribution in [0.5, 0.6) is 0 Å². The third-order valence-electron chi connectivity index (χ3n) is 1.73. The summed E-state index contributed by atoms with van der Waals surface area (Å²) in [5.41, 5.74) is 1.87. The number of amides is 1. The molecule has 0 aliphatic carbocycles. The number of hydrogen-bond acceptors (Lipinski definition) is 2. The number of rotatable bonds is 4. The number of pyridine rings is 1. The summed E-state index contributed by atoms with van der Waals surface area (Å²) in [5, 5.41) is 3.49. The predicted octanol–water partition coefficient (Wildman–Crippen LogP) is 1.79. The second-order valence-electron chi connectivity index (χ2n) is 2.99. The third-order valence-corrected chi connectivity index (χ3v) is 2.13. The molecule has 1 heterocycles. The second-order valence-corrected chi connectivity index (χ2v) is 3.78. The average Bonchev–Trinajstić information content (AvgIpc) is 2.15. The van der Waals surface area contributed by atoms with E-state index >= 15 is 0 Å². The summed E-state index contributed by atoms with van der Waals surface area (Å²) in [6.45, 7) is 2.44. The van der Waals surface area contributed by atoms with Crippen molar-refractivity contribution in [2.75, 3.05) is 5.33 Å². The van der Waals surface area contributed by atoms with Crippen LogP contribution in [0, 0.1) is 6.92 Å². The number of hydrogen-bond donors (Lipinski definition) is 1. The normalized spacial score (nSPS) is 9.86. The third kappa shape index (κ3) is 3.87. The van der Waals surface area contributed by atoms with Gasteiger partial charge in [-0.25, -0.2) is 0 Å². The van der Waals surface area contributed by atoms with Gasteiger partial charge < -0.3 is 5.32 Å². The second kappa shape index (κ2) is 5.75. The molecule has 1 rings (SSSR count). The van der Waals surface area contributed by atoms with Crippen molar-refractivity contribution >= 4 is 21.8 Å². The number of halogens is 1. The van der Waals surface area contributed by atoms with E-state index in [1.54, 1.807) is 0 Å². The average molecular weight is 257 g/mol. The lowest BCUT2D eigenvalue weighted by Crippen LogP contribution is -2.23. The Hall–Kier alpha value is -0.900. The molecular formula is C10H13BrN2O. The summed E-state index contributed by atoms with van der Waals surface area (Å²) in [6.07, 6.45) is 0.506. The van der Waals surface area contributed by atoms with Gasteiger partial charge in [0, 0.05) is 17.4 Å². The molecule has 0 saturated carbocycles. The fraction of sp³-hybridized carbons (Fsp3) is 0.400. The molecule has 4 heteroatoms. The molecule has 3 nitrogen and oxygen atoms in total. The summed E-state index contributed by atoms with van der Waals surface area (Å²) >= 11 is 3.21. The molecule has 0 fully saturated rings. The highest BCUT2D eigenvalue weighted by molar-refractivity contribution is 9.09. The Balaban J connectivity index is 2.41. The molecule has 14 heavy (non-hydrogen) atoms. The first kappa shape index (κ1) is 11.2. The van der Waals surface area contributed by atoms with E-state index in [1.807, 2.05) is 25.1 Å². The van der Waals surface area contributed by atoms with Crippen LogP contribution in [0.25, 0.3) is 0 Å². The molecule has 0 bridgehead atoms. The van der Waals surface area contributed by atoms with E-state index in [-0.39, 0.29) is 5.91 Å². The smallest absolute Gasteiger partial charge is 0.221 e. The van der Waals surface area contributed by atoms with Gasteiger partial charge in [0.25, 0.3) is 0 Å². The Kier molecular flexibility index (Phi) is 4.59. The van der Waals surface area contributed by atoms with Gasteiger partial charge in [0.1, 0.15) is 0 Å². The lowest BCUT2D eigenvalue weighted by atomic mass is 10.3. The van der Waals surface area contributed by atoms with Crippen molar-refractivity contribution in [2.24, 2.45) is 0 Å². The van der Waals surface area contributed by atoms with Crippen molar-refractivity contribution in [1.82, 2.24) is 10.3 Å². The maximum atomic E-state index is 11.1. The Morgan fingerprint density at radius 3 is 3.00 bits per heavy atom. The van der Waals surface area contributed by atoms with E-state index in [1.165, 1.54) is 0 Å². The van der Waals surface area contributed by atoms with Gasteiger partial charge in [0.15, 0.2) is 0 Å². The van der Waals surface area contributed by atoms with E-state index in [9.17, 15) is 4.79 Å². The molecule has 0 aliphatic heterocycles. The van der Waals surface area contributed by atoms with E-state index < -0.39 is 0 Å². The topological polar surface area (TPSA) is 42.0 Å². The molecule has 76 valence electrons. The van der Waals surface area contributed by atoms with Crippen LogP contribution in [0.1, 0.15) is 17.8 Å². The van der Waals surface area contributed by atoms with Crippen LogP contribution < -0.4 is 5.32 Å². The predicted molar refractivity (Wildman–Crippen MR) is 59.2 cm³/mol. The molecule has 0 unspecified atom stereocenters. The van der Waals surface area contributed by atoms with E-state index in [4.69, 9.17) is 0 Å². The summed E-state index contributed by atoms with van der Waals surface area (Å²) in [4.78, 5) is 15.4. The van der Waals surface area contributed by atoms with Crippen molar-refractivity contribution < 1.29 is 4.79 Å². The monoisotopic (exact) mass is 256 g/mol. The summed E-state index contributed by atoms with van der Waals surface area (Å²) in [6, 6.07) is 5.78. The summed E-state index contributed by atoms with van der Waals surface area (Å²) in [5.74, 6) is 0.0465. The minimum atomic E-state index is 0.0465. The molecule has 1 aromatic rings. The Morgan fingerprint density at radius 1 is 1.57 bits per heavy atom. The van der Waals surface area contributed by atoms with E-state index in [2.05, 4.69) is 26.2 Å². The first-order valence-electron chi connectivity index (χ1n) is 4.47. The molecule has 0 aliphatic rings. The zero-order valence-corrected chi connectivity index (χ0v) is 9.67. The highest BCUT2D eigenvalue weighted by atomic mass is 79.9. The molecule has 1 N–H and O–H groups in total. The highest BCUT2D eigenvalue weighted by Crippen LogP contribution is 1.97. The fourth-order valence-corrected chi connectivity index (χ4v) is 1.42. The number of alkyl halides is 1. The number of nitrogens with zero attached hydrogens (tertiary/aromatic N) is 1. The van der Waals surface area contributed by atoms with Gasteiger partial charge >= 0.3 is 0 Å². The molecular weight excluding hydrogens is 244 g/mol. The molecule has 0 saturated heterocycles. The van der Waals surface area contributed by atoms with Gasteiger partial charge in [-0.2, -0.15) is 0 Å². The Bertz CT molecular complexity index is 315. The Morgan fingerprint density at radius 2 is 2.36 bits per heavy atom. The van der Waals surface area contributed by atoms with Crippen molar-refractivity contribution in [2.45, 2.75) is 19.9 Å². The summed E-state index contributed by atoms with van der Waals surface area (Å²) < 4.78 is 0. The molecule has 0 atom stereocenters. The lowest BCUT2D eigenvalue weighted by Gasteiger charge is -2.03. The maximum absolute atomic E-state index is 11.1. The van der Waals surface area contributed by atoms with Crippen LogP contribution in [-0.2, 0) is 11.3 Å². The Labute approximate surface area is 92.1 Å². The minimum absolute atomic E-state index is 0.0465. The van der Waals surface area contributed by atoms with Gasteiger partial charge in [-0.05, 0) is 19.1 Å². The number of carbonyl (C=O) groups excluding carboxylic acids is 1. The largest absolute Gasteiger partial charge is 0.350 e. The zero-order chi connectivity index (χ0) is 10.4. The molecule has 0 aromatic carbocycles. The van der Waals surface area contributed by atoms with Crippen LogP contribution >= 0.6 is 15.9 Å². The molecule has 1 amide bonds. The first-order chi connectivity index (χ1) is 6.72. The van der Waals surface area contributed by atoms with E-state index in [0.29, 0.717) is 18.3 Å². The molecule has 1 aromatic heterocycles. The van der Waals surface area contributed by atoms with Crippen LogP contribution in [0.15, 0.2) is 18.2 Å². The molecule has 0 spiro atoms. The lowest BCUT2D eigenvalue weighted by molar-refractivity contribution is -0.120. The minimum Gasteiger partial charge on any atom is -0.350 e. The number of carbonyl (C=O) groups is 1. The van der Waals surface area contributed by atoms with E-state index in [0.717, 1.165) is 11.4 Å². The highest BCUT2D eigenvalue weighted by Gasteiger charge is 2.00. The zero-order valence-electron chi connectivity index (χ0n) is 8.09. The summed E-state index contributed by atoms with van der Waals surface area (Å²) in [7, 11) is 0. The van der Waals surface area contributed by atoms with Gasteiger partial charge in [-0.1, -0.05) is 22.0 Å².